The molecular weight excluding hydrogens is 629 g/mol. The standard InChI is InChI=1S/C45H28N4S/c1-4-15-29(16-5-1)33-23-14-24-35-34-21-10-12-25-38(34)49(42(33)35)32-27-37(41-36-22-11-13-26-39(36)50-40(41)28-32)45-47-43(30-17-6-2-7-18-30)46-44(48-45)31-19-8-3-9-20-31/h1-28H. The van der Waals surface area contributed by atoms with Crippen LogP contribution >= 0.6 is 11.3 Å². The topological polar surface area (TPSA) is 43.6 Å². The largest absolute Gasteiger partial charge is 0.309 e. The van der Waals surface area contributed by atoms with Crippen LogP contribution in [0.5, 0.6) is 0 Å². The minimum atomic E-state index is 0.649. The Morgan fingerprint density at radius 1 is 0.400 bits per heavy atom. The molecule has 3 heterocycles. The second-order valence-corrected chi connectivity index (χ2v) is 13.5. The predicted octanol–water partition coefficient (Wildman–Crippen LogP) is 12.0. The highest BCUT2D eigenvalue weighted by molar-refractivity contribution is 7.26. The highest BCUT2D eigenvalue weighted by Crippen LogP contribution is 2.44. The fourth-order valence-electron chi connectivity index (χ4n) is 7.21. The van der Waals surface area contributed by atoms with Gasteiger partial charge in [-0.3, -0.25) is 0 Å². The third-order valence-electron chi connectivity index (χ3n) is 9.44. The molecule has 0 aliphatic rings. The van der Waals surface area contributed by atoms with Gasteiger partial charge in [-0.25, -0.2) is 15.0 Å². The predicted molar refractivity (Wildman–Crippen MR) is 209 cm³/mol. The van der Waals surface area contributed by atoms with Gasteiger partial charge in [0.25, 0.3) is 0 Å². The van der Waals surface area contributed by atoms with Gasteiger partial charge in [0.2, 0.25) is 0 Å². The molecule has 0 fully saturated rings. The van der Waals surface area contributed by atoms with Crippen molar-refractivity contribution in [1.82, 2.24) is 19.5 Å². The lowest BCUT2D eigenvalue weighted by molar-refractivity contribution is 1.07. The van der Waals surface area contributed by atoms with E-state index < -0.39 is 0 Å². The van der Waals surface area contributed by atoms with Crippen molar-refractivity contribution in [2.75, 3.05) is 0 Å². The molecule has 5 heteroatoms. The molecule has 234 valence electrons. The van der Waals surface area contributed by atoms with E-state index in [9.17, 15) is 0 Å². The number of aromatic nitrogens is 4. The maximum atomic E-state index is 5.22. The van der Waals surface area contributed by atoms with Gasteiger partial charge in [-0.15, -0.1) is 11.3 Å². The van der Waals surface area contributed by atoms with E-state index in [0.29, 0.717) is 17.5 Å². The van der Waals surface area contributed by atoms with Crippen LogP contribution in [0.1, 0.15) is 0 Å². The minimum Gasteiger partial charge on any atom is -0.309 e. The van der Waals surface area contributed by atoms with E-state index in [1.807, 2.05) is 47.7 Å². The molecule has 0 amide bonds. The van der Waals surface area contributed by atoms with Crippen molar-refractivity contribution in [3.05, 3.63) is 170 Å². The summed E-state index contributed by atoms with van der Waals surface area (Å²) in [5.74, 6) is 1.95. The highest BCUT2D eigenvalue weighted by Gasteiger charge is 2.22. The highest BCUT2D eigenvalue weighted by atomic mass is 32.1. The Labute approximate surface area is 292 Å². The van der Waals surface area contributed by atoms with Crippen LogP contribution in [-0.2, 0) is 0 Å². The van der Waals surface area contributed by atoms with Crippen LogP contribution in [0, 0.1) is 0 Å². The van der Waals surface area contributed by atoms with Gasteiger partial charge < -0.3 is 4.57 Å². The van der Waals surface area contributed by atoms with Crippen molar-refractivity contribution in [1.29, 1.82) is 0 Å². The van der Waals surface area contributed by atoms with Crippen LogP contribution in [0.25, 0.3) is 93.0 Å². The fraction of sp³-hybridized carbons (Fsp3) is 0. The van der Waals surface area contributed by atoms with E-state index in [2.05, 4.69) is 138 Å². The van der Waals surface area contributed by atoms with Crippen LogP contribution in [0.15, 0.2) is 170 Å². The van der Waals surface area contributed by atoms with Crippen molar-refractivity contribution in [3.63, 3.8) is 0 Å². The summed E-state index contributed by atoms with van der Waals surface area (Å²) in [6.07, 6.45) is 0. The molecule has 4 nitrogen and oxygen atoms in total. The number of hydrogen-bond donors (Lipinski definition) is 0. The van der Waals surface area contributed by atoms with Crippen molar-refractivity contribution in [3.8, 4) is 51.0 Å². The van der Waals surface area contributed by atoms with Crippen LogP contribution < -0.4 is 0 Å². The van der Waals surface area contributed by atoms with E-state index in [1.165, 1.54) is 42.2 Å². The van der Waals surface area contributed by atoms with Crippen molar-refractivity contribution in [2.45, 2.75) is 0 Å². The average Bonchev–Trinajstić information content (AvgIpc) is 3.74. The molecule has 0 saturated carbocycles. The zero-order chi connectivity index (χ0) is 33.0. The van der Waals surface area contributed by atoms with Gasteiger partial charge >= 0.3 is 0 Å². The summed E-state index contributed by atoms with van der Waals surface area (Å²) in [4.78, 5) is 15.4. The molecule has 0 N–H and O–H groups in total. The Balaban J connectivity index is 1.33. The lowest BCUT2D eigenvalue weighted by Gasteiger charge is -2.15. The minimum absolute atomic E-state index is 0.649. The second-order valence-electron chi connectivity index (χ2n) is 12.4. The Bertz CT molecular complexity index is 2800. The molecule has 0 unspecified atom stereocenters. The Morgan fingerprint density at radius 3 is 1.66 bits per heavy atom. The third kappa shape index (κ3) is 4.63. The molecule has 10 rings (SSSR count). The molecule has 0 radical (unpaired) electrons. The van der Waals surface area contributed by atoms with E-state index in [1.54, 1.807) is 0 Å². The first kappa shape index (κ1) is 28.6. The van der Waals surface area contributed by atoms with E-state index in [-0.39, 0.29) is 0 Å². The zero-order valence-electron chi connectivity index (χ0n) is 26.9. The average molecular weight is 657 g/mol. The first-order valence-electron chi connectivity index (χ1n) is 16.7. The van der Waals surface area contributed by atoms with Crippen molar-refractivity contribution < 1.29 is 0 Å². The Kier molecular flexibility index (Phi) is 6.64. The molecule has 0 bridgehead atoms. The summed E-state index contributed by atoms with van der Waals surface area (Å²) < 4.78 is 4.84. The summed E-state index contributed by atoms with van der Waals surface area (Å²) in [7, 11) is 0. The third-order valence-corrected chi connectivity index (χ3v) is 10.6. The SMILES string of the molecule is c1ccc(-c2nc(-c3ccccc3)nc(-c3cc(-n4c5ccccc5c5cccc(-c6ccccc6)c54)cc4sc5ccccc5c34)n2)cc1. The molecule has 0 saturated heterocycles. The number of fused-ring (bicyclic) bond motifs is 6. The van der Waals surface area contributed by atoms with Crippen molar-refractivity contribution >= 4 is 53.3 Å². The second kappa shape index (κ2) is 11.6. The summed E-state index contributed by atoms with van der Waals surface area (Å²) >= 11 is 1.81. The van der Waals surface area contributed by atoms with Gasteiger partial charge in [0.05, 0.1) is 11.0 Å². The number of benzene rings is 7. The molecule has 50 heavy (non-hydrogen) atoms. The van der Waals surface area contributed by atoms with Crippen molar-refractivity contribution in [2.24, 2.45) is 0 Å². The first-order chi connectivity index (χ1) is 24.8. The van der Waals surface area contributed by atoms with Gasteiger partial charge in [-0.2, -0.15) is 0 Å². The zero-order valence-corrected chi connectivity index (χ0v) is 27.7. The molecular formula is C45H28N4S. The van der Waals surface area contributed by atoms with Gasteiger partial charge in [0.1, 0.15) is 0 Å². The lowest BCUT2D eigenvalue weighted by Crippen LogP contribution is -2.02. The van der Waals surface area contributed by atoms with E-state index in [0.717, 1.165) is 33.3 Å². The number of nitrogens with zero attached hydrogens (tertiary/aromatic N) is 4. The van der Waals surface area contributed by atoms with Crippen LogP contribution in [0.3, 0.4) is 0 Å². The number of para-hydroxylation sites is 2. The molecule has 3 aromatic heterocycles. The van der Waals surface area contributed by atoms with Gasteiger partial charge in [-0.05, 0) is 29.8 Å². The smallest absolute Gasteiger partial charge is 0.164 e. The lowest BCUT2D eigenvalue weighted by atomic mass is 10.0. The summed E-state index contributed by atoms with van der Waals surface area (Å²) in [5, 5.41) is 4.79. The monoisotopic (exact) mass is 656 g/mol. The Hall–Kier alpha value is -6.43. The first-order valence-corrected chi connectivity index (χ1v) is 17.5. The van der Waals surface area contributed by atoms with E-state index >= 15 is 0 Å². The molecule has 0 aliphatic heterocycles. The number of hydrogen-bond acceptors (Lipinski definition) is 4. The molecule has 10 aromatic rings. The summed E-state index contributed by atoms with van der Waals surface area (Å²) in [5.41, 5.74) is 8.65. The maximum absolute atomic E-state index is 5.22. The van der Waals surface area contributed by atoms with Gasteiger partial charge in [-0.1, -0.05) is 146 Å². The summed E-state index contributed by atoms with van der Waals surface area (Å²) in [6, 6.07) is 59.7. The normalized spacial score (nSPS) is 11.6. The summed E-state index contributed by atoms with van der Waals surface area (Å²) in [6.45, 7) is 0. The number of rotatable bonds is 5. The molecule has 7 aromatic carbocycles. The van der Waals surface area contributed by atoms with Crippen LogP contribution in [0.2, 0.25) is 0 Å². The van der Waals surface area contributed by atoms with Crippen LogP contribution in [-0.4, -0.2) is 19.5 Å². The van der Waals surface area contributed by atoms with Crippen LogP contribution in [0.4, 0.5) is 0 Å². The van der Waals surface area contributed by atoms with Gasteiger partial charge in [0.15, 0.2) is 17.5 Å². The number of thiophene rings is 1. The quantitative estimate of drug-likeness (QED) is 0.185. The molecule has 0 aliphatic carbocycles. The molecule has 0 atom stereocenters. The molecule has 0 spiro atoms. The van der Waals surface area contributed by atoms with E-state index in [4.69, 9.17) is 15.0 Å². The fourth-order valence-corrected chi connectivity index (χ4v) is 8.38. The maximum Gasteiger partial charge on any atom is 0.164 e. The Morgan fingerprint density at radius 2 is 0.960 bits per heavy atom. The van der Waals surface area contributed by atoms with Gasteiger partial charge in [0, 0.05) is 58.9 Å².